The average molecular weight is 360 g/mol. The van der Waals surface area contributed by atoms with Crippen LogP contribution in [0.4, 0.5) is 4.39 Å². The van der Waals surface area contributed by atoms with Gasteiger partial charge < -0.3 is 4.74 Å². The van der Waals surface area contributed by atoms with Crippen LogP contribution >= 0.6 is 0 Å². The van der Waals surface area contributed by atoms with Crippen LogP contribution in [0.25, 0.3) is 28.2 Å². The molecule has 0 amide bonds. The third-order valence-electron chi connectivity index (χ3n) is 4.13. The lowest BCUT2D eigenvalue weighted by Crippen LogP contribution is -2.00. The molecule has 0 saturated heterocycles. The summed E-state index contributed by atoms with van der Waals surface area (Å²) in [5.41, 5.74) is 4.05. The van der Waals surface area contributed by atoms with Crippen molar-refractivity contribution in [2.45, 2.75) is 6.92 Å². The molecule has 0 aliphatic rings. The maximum Gasteiger partial charge on any atom is 0.123 e. The second kappa shape index (κ2) is 7.37. The monoisotopic (exact) mass is 360 g/mol. The topological polar surface area (TPSA) is 52.8 Å². The first-order chi connectivity index (χ1) is 13.3. The van der Waals surface area contributed by atoms with Crippen molar-refractivity contribution in [2.24, 2.45) is 0 Å². The molecule has 0 aliphatic carbocycles. The minimum Gasteiger partial charge on any atom is -0.494 e. The van der Waals surface area contributed by atoms with Crippen molar-refractivity contribution in [3.63, 3.8) is 0 Å². The molecule has 134 valence electrons. The smallest absolute Gasteiger partial charge is 0.123 e. The van der Waals surface area contributed by atoms with Gasteiger partial charge in [-0.15, -0.1) is 5.10 Å². The zero-order chi connectivity index (χ0) is 18.6. The lowest BCUT2D eigenvalue weighted by molar-refractivity contribution is 0.340. The molecule has 2 heterocycles. The van der Waals surface area contributed by atoms with Crippen LogP contribution in [-0.2, 0) is 0 Å². The molecular formula is C21H17FN4O. The Morgan fingerprint density at radius 3 is 2.26 bits per heavy atom. The van der Waals surface area contributed by atoms with Crippen LogP contribution in [-0.4, -0.2) is 26.6 Å². The summed E-state index contributed by atoms with van der Waals surface area (Å²) in [6.45, 7) is 2.56. The maximum atomic E-state index is 13.3. The number of rotatable bonds is 5. The Hall–Kier alpha value is -3.54. The molecule has 0 saturated carbocycles. The van der Waals surface area contributed by atoms with Crippen molar-refractivity contribution >= 4 is 0 Å². The first-order valence-corrected chi connectivity index (χ1v) is 8.61. The van der Waals surface area contributed by atoms with E-state index in [-0.39, 0.29) is 5.82 Å². The van der Waals surface area contributed by atoms with Gasteiger partial charge in [0.05, 0.1) is 12.3 Å². The number of ether oxygens (including phenoxy) is 1. The van der Waals surface area contributed by atoms with Crippen molar-refractivity contribution in [1.82, 2.24) is 20.0 Å². The third-order valence-corrected chi connectivity index (χ3v) is 4.13. The second-order valence-corrected chi connectivity index (χ2v) is 5.87. The van der Waals surface area contributed by atoms with E-state index in [9.17, 15) is 4.39 Å². The third kappa shape index (κ3) is 3.42. The Balaban J connectivity index is 1.86. The van der Waals surface area contributed by atoms with Crippen LogP contribution in [0.5, 0.6) is 5.75 Å². The highest BCUT2D eigenvalue weighted by atomic mass is 19.1. The van der Waals surface area contributed by atoms with E-state index in [1.165, 1.54) is 12.1 Å². The largest absolute Gasteiger partial charge is 0.494 e. The van der Waals surface area contributed by atoms with Crippen LogP contribution in [0.2, 0.25) is 0 Å². The summed E-state index contributed by atoms with van der Waals surface area (Å²) < 4.78 is 20.6. The first kappa shape index (κ1) is 16.9. The molecule has 0 fully saturated rings. The molecule has 0 spiro atoms. The highest BCUT2D eigenvalue weighted by Gasteiger charge is 2.18. The van der Waals surface area contributed by atoms with E-state index in [4.69, 9.17) is 4.74 Å². The Bertz CT molecular complexity index is 1030. The van der Waals surface area contributed by atoms with Gasteiger partial charge in [0.25, 0.3) is 0 Å². The SMILES string of the molecule is CCOc1ccc(-n2nnc(-c3ccc(F)cc3)c2-c2ccncc2)cc1. The molecule has 0 bridgehead atoms. The molecule has 0 unspecified atom stereocenters. The van der Waals surface area contributed by atoms with Crippen molar-refractivity contribution in [1.29, 1.82) is 0 Å². The number of pyridine rings is 1. The predicted molar refractivity (Wildman–Crippen MR) is 101 cm³/mol. The molecule has 0 atom stereocenters. The number of halogens is 1. The summed E-state index contributed by atoms with van der Waals surface area (Å²) in [5, 5.41) is 8.72. The Kier molecular flexibility index (Phi) is 4.61. The minimum atomic E-state index is -0.289. The van der Waals surface area contributed by atoms with Gasteiger partial charge in [-0.05, 0) is 67.6 Å². The standard InChI is InChI=1S/C21H17FN4O/c1-2-27-19-9-7-18(8-10-19)26-21(16-11-13-23-14-12-16)20(24-25-26)15-3-5-17(22)6-4-15/h3-14H,2H2,1H3. The van der Waals surface area contributed by atoms with E-state index in [0.29, 0.717) is 12.3 Å². The van der Waals surface area contributed by atoms with E-state index < -0.39 is 0 Å². The van der Waals surface area contributed by atoms with Crippen LogP contribution in [0, 0.1) is 5.82 Å². The molecule has 2 aromatic heterocycles. The Labute approximate surface area is 156 Å². The number of benzene rings is 2. The van der Waals surface area contributed by atoms with Crippen LogP contribution < -0.4 is 4.74 Å². The molecule has 4 rings (SSSR count). The van der Waals surface area contributed by atoms with Gasteiger partial charge in [0.2, 0.25) is 0 Å². The van der Waals surface area contributed by atoms with Gasteiger partial charge in [-0.1, -0.05) is 5.21 Å². The summed E-state index contributed by atoms with van der Waals surface area (Å²) in [6.07, 6.45) is 3.44. The molecule has 0 aliphatic heterocycles. The average Bonchev–Trinajstić information content (AvgIpc) is 3.15. The van der Waals surface area contributed by atoms with Gasteiger partial charge >= 0.3 is 0 Å². The lowest BCUT2D eigenvalue weighted by atomic mass is 10.1. The van der Waals surface area contributed by atoms with Gasteiger partial charge in [0.15, 0.2) is 0 Å². The zero-order valence-corrected chi connectivity index (χ0v) is 14.7. The number of hydrogen-bond acceptors (Lipinski definition) is 4. The molecular weight excluding hydrogens is 343 g/mol. The fourth-order valence-electron chi connectivity index (χ4n) is 2.88. The van der Waals surface area contributed by atoms with Gasteiger partial charge in [-0.25, -0.2) is 9.07 Å². The summed E-state index contributed by atoms with van der Waals surface area (Å²) in [6, 6.07) is 17.7. The van der Waals surface area contributed by atoms with Crippen LogP contribution in [0.3, 0.4) is 0 Å². The zero-order valence-electron chi connectivity index (χ0n) is 14.7. The summed E-state index contributed by atoms with van der Waals surface area (Å²) >= 11 is 0. The van der Waals surface area contributed by atoms with E-state index in [0.717, 1.165) is 28.3 Å². The molecule has 0 N–H and O–H groups in total. The van der Waals surface area contributed by atoms with Gasteiger partial charge in [0.1, 0.15) is 23.0 Å². The fraction of sp³-hybridized carbons (Fsp3) is 0.0952. The molecule has 27 heavy (non-hydrogen) atoms. The van der Waals surface area contributed by atoms with E-state index in [2.05, 4.69) is 15.3 Å². The molecule has 4 aromatic rings. The van der Waals surface area contributed by atoms with E-state index >= 15 is 0 Å². The second-order valence-electron chi connectivity index (χ2n) is 5.87. The lowest BCUT2D eigenvalue weighted by Gasteiger charge is -2.09. The summed E-state index contributed by atoms with van der Waals surface area (Å²) in [4.78, 5) is 4.09. The fourth-order valence-corrected chi connectivity index (χ4v) is 2.88. The maximum absolute atomic E-state index is 13.3. The highest BCUT2D eigenvalue weighted by Crippen LogP contribution is 2.32. The number of aromatic nitrogens is 4. The van der Waals surface area contributed by atoms with Gasteiger partial charge in [-0.2, -0.15) is 0 Å². The molecule has 2 aromatic carbocycles. The molecule has 5 nitrogen and oxygen atoms in total. The van der Waals surface area contributed by atoms with Crippen molar-refractivity contribution in [2.75, 3.05) is 6.61 Å². The van der Waals surface area contributed by atoms with Gasteiger partial charge in [0, 0.05) is 23.5 Å². The van der Waals surface area contributed by atoms with Crippen molar-refractivity contribution in [3.05, 3.63) is 78.9 Å². The van der Waals surface area contributed by atoms with E-state index in [1.54, 1.807) is 29.2 Å². The first-order valence-electron chi connectivity index (χ1n) is 8.61. The number of nitrogens with zero attached hydrogens (tertiary/aromatic N) is 4. The minimum absolute atomic E-state index is 0.289. The van der Waals surface area contributed by atoms with E-state index in [1.807, 2.05) is 43.3 Å². The normalized spacial score (nSPS) is 10.7. The summed E-state index contributed by atoms with van der Waals surface area (Å²) in [5.74, 6) is 0.508. The summed E-state index contributed by atoms with van der Waals surface area (Å²) in [7, 11) is 0. The molecule has 6 heteroatoms. The predicted octanol–water partition coefficient (Wildman–Crippen LogP) is 4.53. The van der Waals surface area contributed by atoms with Crippen molar-refractivity contribution < 1.29 is 9.13 Å². The highest BCUT2D eigenvalue weighted by molar-refractivity contribution is 5.79. The van der Waals surface area contributed by atoms with Crippen molar-refractivity contribution in [3.8, 4) is 34.0 Å². The Morgan fingerprint density at radius 2 is 1.59 bits per heavy atom. The number of hydrogen-bond donors (Lipinski definition) is 0. The Morgan fingerprint density at radius 1 is 0.889 bits per heavy atom. The quantitative estimate of drug-likeness (QED) is 0.524. The van der Waals surface area contributed by atoms with Gasteiger partial charge in [-0.3, -0.25) is 4.98 Å². The van der Waals surface area contributed by atoms with Crippen LogP contribution in [0.15, 0.2) is 73.1 Å². The van der Waals surface area contributed by atoms with Crippen LogP contribution in [0.1, 0.15) is 6.92 Å². The molecule has 0 radical (unpaired) electrons.